The van der Waals surface area contributed by atoms with Crippen molar-refractivity contribution in [3.05, 3.63) is 48.8 Å². The molecule has 0 bridgehead atoms. The minimum absolute atomic E-state index is 0.115. The van der Waals surface area contributed by atoms with Crippen molar-refractivity contribution in [2.24, 2.45) is 0 Å². The largest absolute Gasteiger partial charge is 0.416 e. The third kappa shape index (κ3) is 3.24. The Kier molecular flexibility index (Phi) is 4.88. The van der Waals surface area contributed by atoms with E-state index in [1.165, 1.54) is 17.5 Å². The van der Waals surface area contributed by atoms with Crippen LogP contribution < -0.4 is 5.32 Å². The number of rotatable bonds is 3. The fourth-order valence-electron chi connectivity index (χ4n) is 1.85. The number of aromatic nitrogens is 1. The van der Waals surface area contributed by atoms with Crippen molar-refractivity contribution in [3.8, 4) is 0 Å². The summed E-state index contributed by atoms with van der Waals surface area (Å²) in [5.74, 6) is 0. The highest BCUT2D eigenvalue weighted by Gasteiger charge is 2.35. The normalized spacial score (nSPS) is 13.5. The van der Waals surface area contributed by atoms with Crippen LogP contribution in [0.3, 0.4) is 0 Å². The van der Waals surface area contributed by atoms with Gasteiger partial charge in [0.15, 0.2) is 0 Å². The first-order valence-electron chi connectivity index (χ1n) is 5.47. The molecule has 0 radical (unpaired) electrons. The van der Waals surface area contributed by atoms with E-state index in [0.29, 0.717) is 0 Å². The van der Waals surface area contributed by atoms with Gasteiger partial charge >= 0.3 is 6.18 Å². The molecule has 2 aromatic heterocycles. The topological polar surface area (TPSA) is 24.9 Å². The molecule has 0 aliphatic carbocycles. The predicted octanol–water partition coefficient (Wildman–Crippen LogP) is 5.00. The summed E-state index contributed by atoms with van der Waals surface area (Å²) in [5, 5.41) is 2.92. The molecule has 0 aliphatic heterocycles. The van der Waals surface area contributed by atoms with Gasteiger partial charge in [0, 0.05) is 27.3 Å². The van der Waals surface area contributed by atoms with Crippen molar-refractivity contribution in [1.82, 2.24) is 10.3 Å². The lowest BCUT2D eigenvalue weighted by Crippen LogP contribution is -2.21. The van der Waals surface area contributed by atoms with E-state index in [1.807, 2.05) is 0 Å². The Morgan fingerprint density at radius 1 is 1.35 bits per heavy atom. The lowest BCUT2D eigenvalue weighted by Gasteiger charge is -2.19. The number of nitrogens with zero attached hydrogens (tertiary/aromatic N) is 1. The van der Waals surface area contributed by atoms with Gasteiger partial charge in [0.25, 0.3) is 0 Å². The van der Waals surface area contributed by atoms with Gasteiger partial charge in [-0.2, -0.15) is 13.2 Å². The summed E-state index contributed by atoms with van der Waals surface area (Å²) in [4.78, 5) is 4.59. The van der Waals surface area contributed by atoms with E-state index in [1.54, 1.807) is 13.1 Å². The molecule has 1 atom stereocenters. The average Bonchev–Trinajstić information content (AvgIpc) is 2.70. The number of thiophene rings is 1. The molecule has 0 aromatic carbocycles. The van der Waals surface area contributed by atoms with E-state index in [-0.39, 0.29) is 5.56 Å². The molecule has 0 fully saturated rings. The van der Waals surface area contributed by atoms with Crippen LogP contribution in [0.4, 0.5) is 13.2 Å². The summed E-state index contributed by atoms with van der Waals surface area (Å²) in [6.07, 6.45) is -2.00. The van der Waals surface area contributed by atoms with E-state index in [2.05, 4.69) is 42.2 Å². The second-order valence-electron chi connectivity index (χ2n) is 3.95. The molecule has 0 spiro atoms. The summed E-state index contributed by atoms with van der Waals surface area (Å²) < 4.78 is 40.9. The molecule has 1 unspecified atom stereocenters. The second-order valence-corrected chi connectivity index (χ2v) is 7.21. The number of nitrogens with one attached hydrogen (secondary N) is 1. The molecule has 2 rings (SSSR count). The Balaban J connectivity index is 2.53. The fourth-order valence-corrected chi connectivity index (χ4v) is 4.07. The molecule has 2 aromatic rings. The second kappa shape index (κ2) is 6.13. The maximum absolute atomic E-state index is 13.1. The van der Waals surface area contributed by atoms with Crippen LogP contribution in [0.5, 0.6) is 0 Å². The van der Waals surface area contributed by atoms with Gasteiger partial charge in [-0.05, 0) is 51.0 Å². The SMILES string of the molecule is CNC(c1cc(Br)c(Br)s1)c1cnccc1C(F)(F)F. The first kappa shape index (κ1) is 15.9. The molecule has 0 amide bonds. The van der Waals surface area contributed by atoms with Crippen molar-refractivity contribution in [1.29, 1.82) is 0 Å². The molecule has 20 heavy (non-hydrogen) atoms. The smallest absolute Gasteiger partial charge is 0.309 e. The molecule has 0 saturated heterocycles. The van der Waals surface area contributed by atoms with Gasteiger partial charge in [-0.25, -0.2) is 0 Å². The van der Waals surface area contributed by atoms with Crippen LogP contribution in [0.2, 0.25) is 0 Å². The van der Waals surface area contributed by atoms with Crippen LogP contribution in [-0.4, -0.2) is 12.0 Å². The average molecular weight is 430 g/mol. The summed E-state index contributed by atoms with van der Waals surface area (Å²) in [6, 6.07) is 2.23. The summed E-state index contributed by atoms with van der Waals surface area (Å²) >= 11 is 8.07. The third-order valence-electron chi connectivity index (χ3n) is 2.71. The van der Waals surface area contributed by atoms with E-state index >= 15 is 0 Å². The van der Waals surface area contributed by atoms with Gasteiger partial charge in [-0.3, -0.25) is 4.98 Å². The third-order valence-corrected chi connectivity index (χ3v) is 6.03. The van der Waals surface area contributed by atoms with Crippen LogP contribution in [0, 0.1) is 0 Å². The van der Waals surface area contributed by atoms with Gasteiger partial charge < -0.3 is 5.32 Å². The Bertz CT molecular complexity index is 593. The molecule has 2 nitrogen and oxygen atoms in total. The van der Waals surface area contributed by atoms with Crippen molar-refractivity contribution in [2.45, 2.75) is 12.2 Å². The van der Waals surface area contributed by atoms with Crippen molar-refractivity contribution in [2.75, 3.05) is 7.05 Å². The van der Waals surface area contributed by atoms with Crippen LogP contribution in [-0.2, 0) is 6.18 Å². The van der Waals surface area contributed by atoms with E-state index in [9.17, 15) is 13.2 Å². The van der Waals surface area contributed by atoms with Crippen molar-refractivity contribution < 1.29 is 13.2 Å². The number of hydrogen-bond acceptors (Lipinski definition) is 3. The van der Waals surface area contributed by atoms with Crippen LogP contribution in [0.25, 0.3) is 0 Å². The molecular formula is C12H9Br2F3N2S. The Labute approximate surface area is 134 Å². The van der Waals surface area contributed by atoms with Crippen molar-refractivity contribution in [3.63, 3.8) is 0 Å². The highest BCUT2D eigenvalue weighted by atomic mass is 79.9. The standard InChI is InChI=1S/C12H9Br2F3N2S/c1-18-10(9-4-8(13)11(14)20-9)6-5-19-3-2-7(6)12(15,16)17/h2-5,10,18H,1H3. The monoisotopic (exact) mass is 428 g/mol. The lowest BCUT2D eigenvalue weighted by atomic mass is 10.0. The molecule has 0 aliphatic rings. The first-order valence-corrected chi connectivity index (χ1v) is 7.88. The fraction of sp³-hybridized carbons (Fsp3) is 0.250. The van der Waals surface area contributed by atoms with Gasteiger partial charge in [0.1, 0.15) is 0 Å². The number of halogens is 5. The Hall–Kier alpha value is -0.440. The zero-order valence-corrected chi connectivity index (χ0v) is 14.1. The molecule has 1 N–H and O–H groups in total. The van der Waals surface area contributed by atoms with Crippen molar-refractivity contribution >= 4 is 43.2 Å². The minimum Gasteiger partial charge on any atom is -0.309 e. The number of pyridine rings is 1. The molecule has 2 heterocycles. The maximum atomic E-state index is 13.1. The van der Waals surface area contributed by atoms with E-state index in [4.69, 9.17) is 0 Å². The van der Waals surface area contributed by atoms with Gasteiger partial charge in [0.2, 0.25) is 0 Å². The van der Waals surface area contributed by atoms with Crippen LogP contribution >= 0.6 is 43.2 Å². The molecular weight excluding hydrogens is 421 g/mol. The molecule has 108 valence electrons. The maximum Gasteiger partial charge on any atom is 0.416 e. The highest BCUT2D eigenvalue weighted by Crippen LogP contribution is 2.40. The lowest BCUT2D eigenvalue weighted by molar-refractivity contribution is -0.138. The Morgan fingerprint density at radius 2 is 2.05 bits per heavy atom. The zero-order valence-electron chi connectivity index (χ0n) is 10.1. The summed E-state index contributed by atoms with van der Waals surface area (Å²) in [5.41, 5.74) is -0.559. The highest BCUT2D eigenvalue weighted by molar-refractivity contribution is 9.13. The van der Waals surface area contributed by atoms with Gasteiger partial charge in [-0.1, -0.05) is 0 Å². The minimum atomic E-state index is -4.40. The van der Waals surface area contributed by atoms with Gasteiger partial charge in [-0.15, -0.1) is 11.3 Å². The summed E-state index contributed by atoms with van der Waals surface area (Å²) in [7, 11) is 1.62. The molecule has 8 heteroatoms. The van der Waals surface area contributed by atoms with Gasteiger partial charge in [0.05, 0.1) is 15.4 Å². The number of alkyl halides is 3. The number of hydrogen-bond donors (Lipinski definition) is 1. The molecule has 0 saturated carbocycles. The summed E-state index contributed by atoms with van der Waals surface area (Å²) in [6.45, 7) is 0. The van der Waals surface area contributed by atoms with Crippen LogP contribution in [0.1, 0.15) is 22.0 Å². The quantitative estimate of drug-likeness (QED) is 0.742. The van der Waals surface area contributed by atoms with E-state index in [0.717, 1.165) is 25.4 Å². The Morgan fingerprint density at radius 3 is 2.55 bits per heavy atom. The first-order chi connectivity index (χ1) is 9.34. The van der Waals surface area contributed by atoms with E-state index < -0.39 is 17.8 Å². The zero-order chi connectivity index (χ0) is 14.9. The predicted molar refractivity (Wildman–Crippen MR) is 79.9 cm³/mol. The van der Waals surface area contributed by atoms with Crippen LogP contribution in [0.15, 0.2) is 32.8 Å².